The van der Waals surface area contributed by atoms with Crippen LogP contribution in [0.1, 0.15) is 10.7 Å². The number of halogens is 3. The number of nitrogens with zero attached hydrogens (tertiary/aromatic N) is 2. The van der Waals surface area contributed by atoms with Gasteiger partial charge in [0.1, 0.15) is 0 Å². The molecule has 0 amide bonds. The fourth-order valence-electron chi connectivity index (χ4n) is 0.522. The van der Waals surface area contributed by atoms with Crippen LogP contribution in [0.5, 0.6) is 5.88 Å². The van der Waals surface area contributed by atoms with Crippen molar-refractivity contribution < 1.29 is 17.6 Å². The summed E-state index contributed by atoms with van der Waals surface area (Å²) in [5.41, 5.74) is 0. The van der Waals surface area contributed by atoms with Gasteiger partial charge in [0.15, 0.2) is 0 Å². The lowest BCUT2D eigenvalue weighted by Crippen LogP contribution is -1.98. The van der Waals surface area contributed by atoms with Gasteiger partial charge < -0.3 is 4.74 Å². The van der Waals surface area contributed by atoms with E-state index in [-0.39, 0.29) is 9.45 Å². The average Bonchev–Trinajstić information content (AvgIpc) is 2.29. The summed E-state index contributed by atoms with van der Waals surface area (Å²) in [6.07, 6.45) is 1.01. The number of alkyl halides is 2. The molecule has 0 saturated heterocycles. The third-order valence-corrected chi connectivity index (χ3v) is 1.69. The number of ether oxygens (including phenoxy) is 1. The Morgan fingerprint density at radius 3 is 3.09 bits per heavy atom. The second-order valence-electron chi connectivity index (χ2n) is 1.64. The summed E-state index contributed by atoms with van der Waals surface area (Å²) in [7, 11) is -2.68. The van der Waals surface area contributed by atoms with Crippen molar-refractivity contribution in [3.05, 3.63) is 9.77 Å². The Bertz CT molecular complexity index is 327. The van der Waals surface area contributed by atoms with E-state index in [9.17, 15) is 8.78 Å². The van der Waals surface area contributed by atoms with Crippen LogP contribution >= 0.6 is 22.6 Å². The molecule has 1 aromatic rings. The third kappa shape index (κ3) is 1.79. The van der Waals surface area contributed by atoms with E-state index in [0.717, 1.165) is 6.20 Å². The first kappa shape index (κ1) is 5.28. The molecule has 0 aromatic carbocycles. The highest BCUT2D eigenvalue weighted by Gasteiger charge is 2.11. The Labute approximate surface area is 79.7 Å². The molecule has 0 aliphatic carbocycles. The van der Waals surface area contributed by atoms with E-state index in [1.54, 1.807) is 22.6 Å². The molecule has 0 fully saturated rings. The van der Waals surface area contributed by atoms with E-state index in [2.05, 4.69) is 9.84 Å². The molecule has 0 unspecified atom stereocenters. The maximum Gasteiger partial charge on any atom is 0.333 e. The van der Waals surface area contributed by atoms with E-state index in [1.807, 2.05) is 0 Å². The molecule has 6 heteroatoms. The first-order valence-electron chi connectivity index (χ1n) is 4.01. The van der Waals surface area contributed by atoms with Crippen LogP contribution in [-0.4, -0.2) is 16.8 Å². The number of methoxy groups -OCH3 is 1. The summed E-state index contributed by atoms with van der Waals surface area (Å²) in [5.74, 6) is -0.314. The summed E-state index contributed by atoms with van der Waals surface area (Å²) in [5, 5.41) is 3.27. The van der Waals surface area contributed by atoms with Crippen molar-refractivity contribution in [3.8, 4) is 5.88 Å². The summed E-state index contributed by atoms with van der Waals surface area (Å²) in [6.45, 7) is -2.81. The van der Waals surface area contributed by atoms with Crippen molar-refractivity contribution in [2.45, 2.75) is 6.55 Å². The number of hydrogen-bond donors (Lipinski definition) is 0. The Kier molecular flexibility index (Phi) is 1.60. The second-order valence-corrected chi connectivity index (χ2v) is 2.80. The fourth-order valence-corrected chi connectivity index (χ4v) is 1.03. The van der Waals surface area contributed by atoms with Crippen LogP contribution in [0.3, 0.4) is 0 Å². The van der Waals surface area contributed by atoms with Gasteiger partial charge in [-0.15, -0.1) is 5.10 Å². The van der Waals surface area contributed by atoms with Crippen LogP contribution in [0.2, 0.25) is 0 Å². The molecule has 1 aromatic heterocycles. The van der Waals surface area contributed by atoms with Crippen LogP contribution in [0.25, 0.3) is 0 Å². The number of rotatable bonds is 2. The van der Waals surface area contributed by atoms with Crippen molar-refractivity contribution in [3.63, 3.8) is 0 Å². The van der Waals surface area contributed by atoms with E-state index in [0.29, 0.717) is 4.68 Å². The molecule has 11 heavy (non-hydrogen) atoms. The minimum absolute atomic E-state index is 0.221. The third-order valence-electron chi connectivity index (χ3n) is 0.953. The quantitative estimate of drug-likeness (QED) is 0.772. The van der Waals surface area contributed by atoms with Gasteiger partial charge in [-0.05, 0) is 22.6 Å². The van der Waals surface area contributed by atoms with Crippen molar-refractivity contribution in [1.29, 1.82) is 0 Å². The molecule has 0 atom stereocenters. The van der Waals surface area contributed by atoms with E-state index >= 15 is 0 Å². The maximum atomic E-state index is 12.1. The predicted octanol–water partition coefficient (Wildman–Crippen LogP) is 1.89. The molecule has 0 spiro atoms. The highest BCUT2D eigenvalue weighted by Crippen LogP contribution is 2.20. The molecule has 1 rings (SSSR count). The van der Waals surface area contributed by atoms with Gasteiger partial charge in [0, 0.05) is 6.20 Å². The van der Waals surface area contributed by atoms with Gasteiger partial charge in [0.05, 0.1) is 14.7 Å². The molecule has 3 nitrogen and oxygen atoms in total. The van der Waals surface area contributed by atoms with E-state index in [1.165, 1.54) is 0 Å². The Balaban J connectivity index is 2.88. The first-order valence-corrected chi connectivity index (χ1v) is 3.59. The lowest BCUT2D eigenvalue weighted by molar-refractivity contribution is 0.0553. The molecular formula is C5H5F2IN2O. The largest absolute Gasteiger partial charge is 0.479 e. The van der Waals surface area contributed by atoms with Crippen LogP contribution in [0.15, 0.2) is 6.20 Å². The lowest BCUT2D eigenvalue weighted by Gasteiger charge is -1.95. The van der Waals surface area contributed by atoms with Crippen LogP contribution in [0, 0.1) is 3.57 Å². The van der Waals surface area contributed by atoms with Gasteiger partial charge in [-0.1, -0.05) is 0 Å². The Morgan fingerprint density at radius 2 is 2.64 bits per heavy atom. The lowest BCUT2D eigenvalue weighted by atomic mass is 10.7. The normalized spacial score (nSPS) is 15.8. The van der Waals surface area contributed by atoms with Gasteiger partial charge in [0.25, 0.3) is 0 Å². The van der Waals surface area contributed by atoms with Crippen molar-refractivity contribution in [1.82, 2.24) is 9.78 Å². The SMILES string of the molecule is [2H]C([2H])([2H])Oc1nn(C(F)F)cc1I. The minimum atomic E-state index is -2.81. The molecule has 1 heterocycles. The number of hydrogen-bond acceptors (Lipinski definition) is 2. The van der Waals surface area contributed by atoms with Crippen LogP contribution < -0.4 is 4.74 Å². The van der Waals surface area contributed by atoms with Gasteiger partial charge >= 0.3 is 6.55 Å². The van der Waals surface area contributed by atoms with Crippen molar-refractivity contribution in [2.24, 2.45) is 0 Å². The first-order chi connectivity index (χ1) is 6.29. The molecule has 0 bridgehead atoms. The standard InChI is InChI=1S/C5H5F2IN2O/c1-11-4-3(8)2-10(9-4)5(6)7/h2,5H,1H3/i1D3. The highest BCUT2D eigenvalue weighted by atomic mass is 127. The molecule has 0 aliphatic rings. The zero-order chi connectivity index (χ0) is 10.9. The Hall–Kier alpha value is -0.400. The van der Waals surface area contributed by atoms with Gasteiger partial charge in [-0.3, -0.25) is 0 Å². The Morgan fingerprint density at radius 1 is 1.91 bits per heavy atom. The predicted molar refractivity (Wildman–Crippen MR) is 42.7 cm³/mol. The molecule has 0 N–H and O–H groups in total. The second kappa shape index (κ2) is 3.33. The topological polar surface area (TPSA) is 27.1 Å². The molecule has 0 saturated carbocycles. The van der Waals surface area contributed by atoms with Crippen LogP contribution in [0.4, 0.5) is 8.78 Å². The summed E-state index contributed by atoms with van der Waals surface area (Å²) < 4.78 is 49.4. The van der Waals surface area contributed by atoms with Crippen molar-refractivity contribution in [2.75, 3.05) is 7.04 Å². The van der Waals surface area contributed by atoms with Crippen molar-refractivity contribution >= 4 is 22.6 Å². The van der Waals surface area contributed by atoms with Gasteiger partial charge in [0.2, 0.25) is 5.88 Å². The van der Waals surface area contributed by atoms with Gasteiger partial charge in [-0.25, -0.2) is 4.68 Å². The summed E-state index contributed by atoms with van der Waals surface area (Å²) in [4.78, 5) is 0. The zero-order valence-electron chi connectivity index (χ0n) is 8.09. The van der Waals surface area contributed by atoms with Crippen LogP contribution in [-0.2, 0) is 0 Å². The number of aromatic nitrogens is 2. The fraction of sp³-hybridized carbons (Fsp3) is 0.400. The van der Waals surface area contributed by atoms with E-state index in [4.69, 9.17) is 4.11 Å². The molecule has 0 aliphatic heterocycles. The summed E-state index contributed by atoms with van der Waals surface area (Å²) in [6, 6.07) is 0. The molecular weight excluding hydrogens is 269 g/mol. The molecule has 0 radical (unpaired) electrons. The van der Waals surface area contributed by atoms with Gasteiger partial charge in [-0.2, -0.15) is 8.78 Å². The highest BCUT2D eigenvalue weighted by molar-refractivity contribution is 14.1. The maximum absolute atomic E-state index is 12.1. The molecule has 62 valence electrons. The minimum Gasteiger partial charge on any atom is -0.479 e. The van der Waals surface area contributed by atoms with E-state index < -0.39 is 13.6 Å². The summed E-state index contributed by atoms with van der Waals surface area (Å²) >= 11 is 1.66. The monoisotopic (exact) mass is 277 g/mol. The smallest absolute Gasteiger partial charge is 0.333 e. The average molecular weight is 277 g/mol. The zero-order valence-corrected chi connectivity index (χ0v) is 7.25.